The number of fused-ring (bicyclic) bond motifs is 1. The minimum atomic E-state index is -4.38. The molecule has 0 aliphatic rings. The lowest BCUT2D eigenvalue weighted by atomic mass is 10.0. The summed E-state index contributed by atoms with van der Waals surface area (Å²) < 4.78 is 40.0. The van der Waals surface area contributed by atoms with Gasteiger partial charge in [0.05, 0.1) is 17.3 Å². The fraction of sp³-hybridized carbons (Fsp3) is 0.200. The quantitative estimate of drug-likeness (QED) is 0.679. The first kappa shape index (κ1) is 19.5. The highest BCUT2D eigenvalue weighted by Crippen LogP contribution is 2.32. The van der Waals surface area contributed by atoms with Gasteiger partial charge in [-0.2, -0.15) is 18.3 Å². The first-order valence-electron chi connectivity index (χ1n) is 8.53. The SMILES string of the molecule is CC=C(C)NC(=O)N(C)c1ccn2ncc(-c3ccc(C(F)(F)F)cc3)c2c1. The van der Waals surface area contributed by atoms with Crippen molar-refractivity contribution in [2.45, 2.75) is 20.0 Å². The Kier molecular flexibility index (Phi) is 5.13. The van der Waals surface area contributed by atoms with Crippen LogP contribution in [0.1, 0.15) is 19.4 Å². The van der Waals surface area contributed by atoms with Crippen molar-refractivity contribution in [3.63, 3.8) is 0 Å². The monoisotopic (exact) mass is 388 g/mol. The minimum Gasteiger partial charge on any atom is -0.312 e. The highest BCUT2D eigenvalue weighted by atomic mass is 19.4. The van der Waals surface area contributed by atoms with E-state index in [1.807, 2.05) is 6.92 Å². The second-order valence-corrected chi connectivity index (χ2v) is 6.31. The first-order valence-corrected chi connectivity index (χ1v) is 8.53. The van der Waals surface area contributed by atoms with Crippen LogP contribution in [0.15, 0.2) is 60.6 Å². The second kappa shape index (κ2) is 7.38. The van der Waals surface area contributed by atoms with Crippen molar-refractivity contribution in [1.29, 1.82) is 0 Å². The van der Waals surface area contributed by atoms with E-state index in [4.69, 9.17) is 0 Å². The summed E-state index contributed by atoms with van der Waals surface area (Å²) >= 11 is 0. The van der Waals surface area contributed by atoms with Gasteiger partial charge >= 0.3 is 12.2 Å². The van der Waals surface area contributed by atoms with Crippen LogP contribution in [0.2, 0.25) is 0 Å². The van der Waals surface area contributed by atoms with Gasteiger partial charge in [0, 0.05) is 30.2 Å². The first-order chi connectivity index (χ1) is 13.2. The summed E-state index contributed by atoms with van der Waals surface area (Å²) in [5.41, 5.74) is 2.62. The van der Waals surface area contributed by atoms with E-state index in [9.17, 15) is 18.0 Å². The maximum Gasteiger partial charge on any atom is 0.416 e. The van der Waals surface area contributed by atoms with E-state index in [2.05, 4.69) is 10.4 Å². The van der Waals surface area contributed by atoms with Crippen LogP contribution in [-0.2, 0) is 6.18 Å². The van der Waals surface area contributed by atoms with E-state index in [0.29, 0.717) is 22.3 Å². The van der Waals surface area contributed by atoms with Crippen molar-refractivity contribution in [2.24, 2.45) is 0 Å². The number of benzene rings is 1. The van der Waals surface area contributed by atoms with Gasteiger partial charge in [0.2, 0.25) is 0 Å². The van der Waals surface area contributed by atoms with Gasteiger partial charge in [0.1, 0.15) is 0 Å². The third-order valence-corrected chi connectivity index (χ3v) is 4.46. The van der Waals surface area contributed by atoms with Crippen LogP contribution in [0.5, 0.6) is 0 Å². The Balaban J connectivity index is 1.96. The summed E-state index contributed by atoms with van der Waals surface area (Å²) in [5, 5.41) is 6.99. The van der Waals surface area contributed by atoms with Crippen molar-refractivity contribution < 1.29 is 18.0 Å². The maximum atomic E-state index is 12.8. The number of carbonyl (C=O) groups excluding carboxylic acids is 1. The van der Waals surface area contributed by atoms with E-state index in [1.54, 1.807) is 49.1 Å². The fourth-order valence-corrected chi connectivity index (χ4v) is 2.68. The predicted molar refractivity (Wildman–Crippen MR) is 102 cm³/mol. The molecule has 2 amide bonds. The Morgan fingerprint density at radius 1 is 1.21 bits per heavy atom. The van der Waals surface area contributed by atoms with E-state index in [-0.39, 0.29) is 6.03 Å². The molecule has 1 N–H and O–H groups in total. The molecule has 0 fully saturated rings. The van der Waals surface area contributed by atoms with Crippen LogP contribution in [-0.4, -0.2) is 22.7 Å². The number of rotatable bonds is 3. The molecule has 0 aliphatic heterocycles. The summed E-state index contributed by atoms with van der Waals surface area (Å²) in [6, 6.07) is 8.13. The van der Waals surface area contributed by atoms with E-state index in [0.717, 1.165) is 17.8 Å². The van der Waals surface area contributed by atoms with Crippen LogP contribution in [0.4, 0.5) is 23.7 Å². The molecule has 0 saturated carbocycles. The van der Waals surface area contributed by atoms with E-state index >= 15 is 0 Å². The zero-order valence-corrected chi connectivity index (χ0v) is 15.6. The molecule has 8 heteroatoms. The van der Waals surface area contributed by atoms with Crippen LogP contribution >= 0.6 is 0 Å². The summed E-state index contributed by atoms with van der Waals surface area (Å²) in [7, 11) is 1.64. The van der Waals surface area contributed by atoms with E-state index in [1.165, 1.54) is 17.0 Å². The molecule has 0 atom stereocenters. The molecular weight excluding hydrogens is 369 g/mol. The number of nitrogens with one attached hydrogen (secondary N) is 1. The number of amides is 2. The Morgan fingerprint density at radius 2 is 1.89 bits per heavy atom. The summed E-state index contributed by atoms with van der Waals surface area (Å²) in [6.07, 6.45) is 0.693. The van der Waals surface area contributed by atoms with Crippen molar-refractivity contribution in [2.75, 3.05) is 11.9 Å². The van der Waals surface area contributed by atoms with E-state index < -0.39 is 11.7 Å². The number of urea groups is 1. The number of carbonyl (C=O) groups is 1. The molecular formula is C20H19F3N4O. The smallest absolute Gasteiger partial charge is 0.312 e. The van der Waals surface area contributed by atoms with Crippen LogP contribution in [0.3, 0.4) is 0 Å². The topological polar surface area (TPSA) is 49.6 Å². The molecule has 0 bridgehead atoms. The third-order valence-electron chi connectivity index (χ3n) is 4.46. The number of pyridine rings is 1. The third kappa shape index (κ3) is 3.85. The van der Waals surface area contributed by atoms with Gasteiger partial charge in [0.25, 0.3) is 0 Å². The van der Waals surface area contributed by atoms with Gasteiger partial charge in [-0.15, -0.1) is 0 Å². The molecule has 0 radical (unpaired) electrons. The van der Waals surface area contributed by atoms with Gasteiger partial charge in [-0.1, -0.05) is 18.2 Å². The number of nitrogens with zero attached hydrogens (tertiary/aromatic N) is 3. The number of hydrogen-bond acceptors (Lipinski definition) is 2. The van der Waals surface area contributed by atoms with Crippen LogP contribution < -0.4 is 10.2 Å². The molecule has 0 saturated heterocycles. The predicted octanol–water partition coefficient (Wildman–Crippen LogP) is 5.09. The van der Waals surface area contributed by atoms with Crippen molar-refractivity contribution in [1.82, 2.24) is 14.9 Å². The largest absolute Gasteiger partial charge is 0.416 e. The molecule has 2 aromatic heterocycles. The highest BCUT2D eigenvalue weighted by molar-refractivity contribution is 5.94. The normalized spacial score (nSPS) is 12.3. The Morgan fingerprint density at radius 3 is 2.50 bits per heavy atom. The number of halogens is 3. The van der Waals surface area contributed by atoms with Crippen LogP contribution in [0.25, 0.3) is 16.6 Å². The van der Waals surface area contributed by atoms with Gasteiger partial charge in [-0.3, -0.25) is 4.90 Å². The summed E-state index contributed by atoms with van der Waals surface area (Å²) in [5.74, 6) is 0. The Hall–Kier alpha value is -3.29. The minimum absolute atomic E-state index is 0.296. The lowest BCUT2D eigenvalue weighted by molar-refractivity contribution is -0.137. The lowest BCUT2D eigenvalue weighted by Gasteiger charge is -2.18. The molecule has 1 aromatic carbocycles. The zero-order chi connectivity index (χ0) is 20.5. The fourth-order valence-electron chi connectivity index (χ4n) is 2.68. The molecule has 3 rings (SSSR count). The summed E-state index contributed by atoms with van der Waals surface area (Å²) in [6.45, 7) is 3.61. The Labute approximate surface area is 160 Å². The van der Waals surface area contributed by atoms with Gasteiger partial charge in [0.15, 0.2) is 0 Å². The number of aromatic nitrogens is 2. The van der Waals surface area contributed by atoms with Gasteiger partial charge in [-0.25, -0.2) is 9.31 Å². The molecule has 3 aromatic rings. The number of allylic oxidation sites excluding steroid dienone is 2. The van der Waals surface area contributed by atoms with Crippen LogP contribution in [0, 0.1) is 0 Å². The van der Waals surface area contributed by atoms with Gasteiger partial charge < -0.3 is 5.32 Å². The number of hydrogen-bond donors (Lipinski definition) is 1. The molecule has 0 spiro atoms. The van der Waals surface area contributed by atoms with Gasteiger partial charge in [-0.05, 0) is 43.7 Å². The number of anilines is 1. The van der Waals surface area contributed by atoms with Crippen molar-refractivity contribution >= 4 is 17.2 Å². The molecule has 2 heterocycles. The molecule has 0 unspecified atom stereocenters. The van der Waals surface area contributed by atoms with Crippen molar-refractivity contribution in [3.8, 4) is 11.1 Å². The lowest BCUT2D eigenvalue weighted by Crippen LogP contribution is -2.36. The average Bonchev–Trinajstić information content (AvgIpc) is 3.09. The van der Waals surface area contributed by atoms with Crippen molar-refractivity contribution in [3.05, 3.63) is 66.1 Å². The molecule has 146 valence electrons. The zero-order valence-electron chi connectivity index (χ0n) is 15.6. The number of alkyl halides is 3. The second-order valence-electron chi connectivity index (χ2n) is 6.31. The molecule has 28 heavy (non-hydrogen) atoms. The highest BCUT2D eigenvalue weighted by Gasteiger charge is 2.30. The Bertz CT molecular complexity index is 1040. The maximum absolute atomic E-state index is 12.8. The molecule has 0 aliphatic carbocycles. The summed E-state index contributed by atoms with van der Waals surface area (Å²) in [4.78, 5) is 13.8. The molecule has 5 nitrogen and oxygen atoms in total. The standard InChI is InChI=1S/C20H19F3N4O/c1-4-13(2)25-19(28)26(3)16-9-10-27-18(11-16)17(12-24-27)14-5-7-15(8-6-14)20(21,22)23/h4-12H,1-3H3,(H,25,28). The average molecular weight is 388 g/mol.